The predicted octanol–water partition coefficient (Wildman–Crippen LogP) is 1.28. The first-order valence-corrected chi connectivity index (χ1v) is 9.95. The fourth-order valence-electron chi connectivity index (χ4n) is 2.81. The van der Waals surface area contributed by atoms with Crippen molar-refractivity contribution < 1.29 is 17.9 Å². The number of methoxy groups -OCH3 is 1. The summed E-state index contributed by atoms with van der Waals surface area (Å²) >= 11 is 0. The summed E-state index contributed by atoms with van der Waals surface area (Å²) in [5, 5.41) is 2.68. The number of aromatic nitrogens is 1. The number of nitrogens with one attached hydrogen (secondary N) is 1. The Morgan fingerprint density at radius 3 is 2.52 bits per heavy atom. The number of piperazine rings is 1. The van der Waals surface area contributed by atoms with Crippen LogP contribution in [0.15, 0.2) is 47.5 Å². The van der Waals surface area contributed by atoms with E-state index in [1.807, 2.05) is 7.05 Å². The van der Waals surface area contributed by atoms with Crippen LogP contribution >= 0.6 is 0 Å². The molecule has 1 aliphatic heterocycles. The summed E-state index contributed by atoms with van der Waals surface area (Å²) in [5.74, 6) is -0.0698. The maximum atomic E-state index is 12.9. The Kier molecular flexibility index (Phi) is 5.73. The Balaban J connectivity index is 1.88. The zero-order valence-corrected chi connectivity index (χ0v) is 16.1. The summed E-state index contributed by atoms with van der Waals surface area (Å²) in [5.41, 5.74) is 0.509. The first kappa shape index (κ1) is 19.3. The highest BCUT2D eigenvalue weighted by Gasteiger charge is 2.28. The molecule has 2 heterocycles. The third-order valence-electron chi connectivity index (χ3n) is 4.42. The highest BCUT2D eigenvalue weighted by Crippen LogP contribution is 2.29. The second-order valence-corrected chi connectivity index (χ2v) is 8.18. The van der Waals surface area contributed by atoms with Crippen LogP contribution in [0.4, 0.5) is 5.69 Å². The summed E-state index contributed by atoms with van der Waals surface area (Å²) < 4.78 is 32.6. The number of sulfonamides is 1. The van der Waals surface area contributed by atoms with Gasteiger partial charge < -0.3 is 15.0 Å². The van der Waals surface area contributed by atoms with E-state index in [0.717, 1.165) is 0 Å². The molecule has 1 saturated heterocycles. The minimum atomic E-state index is -3.65. The molecule has 1 amide bonds. The molecular formula is C18H22N4O4S. The molecule has 1 fully saturated rings. The van der Waals surface area contributed by atoms with Crippen LogP contribution in [0.5, 0.6) is 5.75 Å². The van der Waals surface area contributed by atoms with Gasteiger partial charge in [-0.3, -0.25) is 9.78 Å². The van der Waals surface area contributed by atoms with E-state index >= 15 is 0 Å². The third-order valence-corrected chi connectivity index (χ3v) is 6.31. The lowest BCUT2D eigenvalue weighted by Crippen LogP contribution is -2.47. The number of rotatable bonds is 5. The van der Waals surface area contributed by atoms with E-state index in [0.29, 0.717) is 31.9 Å². The van der Waals surface area contributed by atoms with Crippen LogP contribution in [-0.2, 0) is 10.0 Å². The van der Waals surface area contributed by atoms with Crippen LogP contribution in [0.3, 0.4) is 0 Å². The van der Waals surface area contributed by atoms with E-state index in [1.54, 1.807) is 18.2 Å². The Bertz CT molecular complexity index is 910. The number of hydrogen-bond donors (Lipinski definition) is 1. The quantitative estimate of drug-likeness (QED) is 0.827. The smallest absolute Gasteiger partial charge is 0.274 e. The van der Waals surface area contributed by atoms with Crippen molar-refractivity contribution in [2.75, 3.05) is 45.7 Å². The Hall–Kier alpha value is -2.49. The molecule has 27 heavy (non-hydrogen) atoms. The fraction of sp³-hybridized carbons (Fsp3) is 0.333. The van der Waals surface area contributed by atoms with Crippen LogP contribution in [0, 0.1) is 0 Å². The number of benzene rings is 1. The Morgan fingerprint density at radius 1 is 1.15 bits per heavy atom. The molecule has 144 valence electrons. The van der Waals surface area contributed by atoms with Gasteiger partial charge in [-0.1, -0.05) is 6.07 Å². The Labute approximate surface area is 158 Å². The molecule has 0 aliphatic carbocycles. The highest BCUT2D eigenvalue weighted by atomic mass is 32.2. The molecule has 1 N–H and O–H groups in total. The van der Waals surface area contributed by atoms with E-state index < -0.39 is 15.9 Å². The number of amides is 1. The van der Waals surface area contributed by atoms with Crippen molar-refractivity contribution in [3.05, 3.63) is 48.3 Å². The molecular weight excluding hydrogens is 368 g/mol. The van der Waals surface area contributed by atoms with Crippen molar-refractivity contribution in [2.24, 2.45) is 0 Å². The first-order chi connectivity index (χ1) is 12.9. The molecule has 9 heteroatoms. The number of carbonyl (C=O) groups is 1. The van der Waals surface area contributed by atoms with E-state index in [-0.39, 0.29) is 16.3 Å². The van der Waals surface area contributed by atoms with Crippen LogP contribution < -0.4 is 10.1 Å². The number of pyridine rings is 1. The molecule has 8 nitrogen and oxygen atoms in total. The van der Waals surface area contributed by atoms with Gasteiger partial charge in [0, 0.05) is 32.4 Å². The molecule has 3 rings (SSSR count). The van der Waals surface area contributed by atoms with Crippen LogP contribution in [0.2, 0.25) is 0 Å². The molecule has 0 radical (unpaired) electrons. The lowest BCUT2D eigenvalue weighted by Gasteiger charge is -2.31. The summed E-state index contributed by atoms with van der Waals surface area (Å²) in [6.45, 7) is 2.22. The van der Waals surface area contributed by atoms with Crippen molar-refractivity contribution in [1.82, 2.24) is 14.2 Å². The summed E-state index contributed by atoms with van der Waals surface area (Å²) in [6.07, 6.45) is 1.51. The molecule has 2 aromatic rings. The fourth-order valence-corrected chi connectivity index (χ4v) is 4.26. The molecule has 1 aliphatic rings. The molecule has 0 saturated carbocycles. The Morgan fingerprint density at radius 2 is 1.89 bits per heavy atom. The van der Waals surface area contributed by atoms with Crippen molar-refractivity contribution in [2.45, 2.75) is 4.90 Å². The SMILES string of the molecule is COc1ccc(S(=O)(=O)N2CCN(C)CC2)cc1NC(=O)c1ccccn1. The molecule has 0 spiro atoms. The monoisotopic (exact) mass is 390 g/mol. The van der Waals surface area contributed by atoms with Gasteiger partial charge in [-0.15, -0.1) is 0 Å². The third kappa shape index (κ3) is 4.26. The lowest BCUT2D eigenvalue weighted by atomic mass is 10.2. The van der Waals surface area contributed by atoms with Gasteiger partial charge in [0.15, 0.2) is 0 Å². The minimum Gasteiger partial charge on any atom is -0.495 e. The van der Waals surface area contributed by atoms with Gasteiger partial charge in [0.2, 0.25) is 10.0 Å². The van der Waals surface area contributed by atoms with Gasteiger partial charge >= 0.3 is 0 Å². The molecule has 0 unspecified atom stereocenters. The predicted molar refractivity (Wildman–Crippen MR) is 101 cm³/mol. The maximum Gasteiger partial charge on any atom is 0.274 e. The number of anilines is 1. The van der Waals surface area contributed by atoms with Crippen molar-refractivity contribution in [3.8, 4) is 5.75 Å². The van der Waals surface area contributed by atoms with Crippen molar-refractivity contribution >= 4 is 21.6 Å². The van der Waals surface area contributed by atoms with Crippen molar-refractivity contribution in [3.63, 3.8) is 0 Å². The zero-order chi connectivity index (χ0) is 19.4. The van der Waals surface area contributed by atoms with Gasteiger partial charge in [-0.05, 0) is 37.4 Å². The molecule has 1 aromatic heterocycles. The number of ether oxygens (including phenoxy) is 1. The minimum absolute atomic E-state index is 0.115. The average molecular weight is 390 g/mol. The summed E-state index contributed by atoms with van der Waals surface area (Å²) in [7, 11) is -0.230. The summed E-state index contributed by atoms with van der Waals surface area (Å²) in [4.78, 5) is 18.6. The number of hydrogen-bond acceptors (Lipinski definition) is 6. The first-order valence-electron chi connectivity index (χ1n) is 8.51. The molecule has 0 atom stereocenters. The van der Waals surface area contributed by atoms with Crippen molar-refractivity contribution in [1.29, 1.82) is 0 Å². The van der Waals surface area contributed by atoms with E-state index in [4.69, 9.17) is 4.74 Å². The largest absolute Gasteiger partial charge is 0.495 e. The van der Waals surface area contributed by atoms with Crippen LogP contribution in [0.25, 0.3) is 0 Å². The number of carbonyl (C=O) groups excluding carboxylic acids is 1. The van der Waals surface area contributed by atoms with E-state index in [9.17, 15) is 13.2 Å². The molecule has 0 bridgehead atoms. The molecule has 1 aromatic carbocycles. The van der Waals surface area contributed by atoms with Crippen LogP contribution in [0.1, 0.15) is 10.5 Å². The maximum absolute atomic E-state index is 12.9. The zero-order valence-electron chi connectivity index (χ0n) is 15.3. The number of likely N-dealkylation sites (N-methyl/N-ethyl adjacent to an activating group) is 1. The second-order valence-electron chi connectivity index (χ2n) is 6.24. The van der Waals surface area contributed by atoms with Gasteiger partial charge in [-0.2, -0.15) is 4.31 Å². The second kappa shape index (κ2) is 8.03. The standard InChI is InChI=1S/C18H22N4O4S/c1-21-9-11-22(12-10-21)27(24,25)14-6-7-17(26-2)16(13-14)20-18(23)15-5-3-4-8-19-15/h3-8,13H,9-12H2,1-2H3,(H,20,23). The van der Waals surface area contributed by atoms with E-state index in [1.165, 1.54) is 35.8 Å². The lowest BCUT2D eigenvalue weighted by molar-refractivity contribution is 0.102. The average Bonchev–Trinajstić information content (AvgIpc) is 2.69. The van der Waals surface area contributed by atoms with Gasteiger partial charge in [0.25, 0.3) is 5.91 Å². The topological polar surface area (TPSA) is 91.8 Å². The normalized spacial score (nSPS) is 16.1. The number of nitrogens with zero attached hydrogens (tertiary/aromatic N) is 3. The van der Waals surface area contributed by atoms with Gasteiger partial charge in [0.05, 0.1) is 17.7 Å². The van der Waals surface area contributed by atoms with Gasteiger partial charge in [-0.25, -0.2) is 8.42 Å². The van der Waals surface area contributed by atoms with Crippen LogP contribution in [-0.4, -0.2) is 68.9 Å². The van der Waals surface area contributed by atoms with E-state index in [2.05, 4.69) is 15.2 Å². The summed E-state index contributed by atoms with van der Waals surface area (Å²) in [6, 6.07) is 9.44. The highest BCUT2D eigenvalue weighted by molar-refractivity contribution is 7.89. The van der Waals surface area contributed by atoms with Gasteiger partial charge in [0.1, 0.15) is 11.4 Å².